The highest BCUT2D eigenvalue weighted by Crippen LogP contribution is 2.44. The van der Waals surface area contributed by atoms with Gasteiger partial charge in [0.2, 0.25) is 0 Å². The summed E-state index contributed by atoms with van der Waals surface area (Å²) in [7, 11) is 0. The maximum absolute atomic E-state index is 6.17. The highest BCUT2D eigenvalue weighted by Gasteiger charge is 2.19. The largest absolute Gasteiger partial charge is 0.456 e. The van der Waals surface area contributed by atoms with E-state index in [0.29, 0.717) is 0 Å². The van der Waals surface area contributed by atoms with Crippen molar-refractivity contribution in [1.82, 2.24) is 4.57 Å². The van der Waals surface area contributed by atoms with Crippen LogP contribution < -0.4 is 0 Å². The van der Waals surface area contributed by atoms with Crippen molar-refractivity contribution in [2.24, 2.45) is 0 Å². The van der Waals surface area contributed by atoms with Crippen LogP contribution in [0.4, 0.5) is 0 Å². The van der Waals surface area contributed by atoms with Crippen molar-refractivity contribution in [2.45, 2.75) is 0 Å². The van der Waals surface area contributed by atoms with Gasteiger partial charge in [0, 0.05) is 27.2 Å². The Hall–Kier alpha value is -10.5. The monoisotopic (exact) mass is 1010 g/mol. The molecule has 0 aliphatic rings. The average Bonchev–Trinajstić information content (AvgIpc) is 4.15. The zero-order valence-electron chi connectivity index (χ0n) is 43.5. The summed E-state index contributed by atoms with van der Waals surface area (Å²) < 4.78 is 8.61. The molecular weight excluding hydrogens is 967 g/mol. The van der Waals surface area contributed by atoms with Crippen LogP contribution in [0, 0.1) is 0 Å². The van der Waals surface area contributed by atoms with Crippen molar-refractivity contribution in [3.63, 3.8) is 0 Å². The molecule has 0 saturated heterocycles. The summed E-state index contributed by atoms with van der Waals surface area (Å²) in [6.45, 7) is 0. The van der Waals surface area contributed by atoms with Crippen molar-refractivity contribution in [2.75, 3.05) is 0 Å². The fourth-order valence-corrected chi connectivity index (χ4v) is 13.3. The molecule has 0 radical (unpaired) electrons. The van der Waals surface area contributed by atoms with Gasteiger partial charge in [-0.15, -0.1) is 0 Å². The van der Waals surface area contributed by atoms with E-state index in [0.717, 1.165) is 27.6 Å². The maximum Gasteiger partial charge on any atom is 0.135 e. The molecule has 0 fully saturated rings. The number of rotatable bonds is 6. The number of hydrogen-bond acceptors (Lipinski definition) is 1. The summed E-state index contributed by atoms with van der Waals surface area (Å²) in [5.74, 6) is 0. The predicted octanol–water partition coefficient (Wildman–Crippen LogP) is 21.9. The van der Waals surface area contributed by atoms with E-state index in [1.807, 2.05) is 12.1 Å². The second-order valence-electron chi connectivity index (χ2n) is 21.5. The van der Waals surface area contributed by atoms with Gasteiger partial charge in [-0.25, -0.2) is 0 Å². The van der Waals surface area contributed by atoms with Gasteiger partial charge >= 0.3 is 0 Å². The van der Waals surface area contributed by atoms with E-state index >= 15 is 0 Å². The van der Waals surface area contributed by atoms with Crippen molar-refractivity contribution >= 4 is 108 Å². The third kappa shape index (κ3) is 6.92. The molecule has 0 bridgehead atoms. The van der Waals surface area contributed by atoms with Crippen molar-refractivity contribution < 1.29 is 4.42 Å². The highest BCUT2D eigenvalue weighted by molar-refractivity contribution is 6.25. The zero-order chi connectivity index (χ0) is 52.4. The number of nitrogens with zero attached hydrogens (tertiary/aromatic N) is 1. The molecule has 80 heavy (non-hydrogen) atoms. The molecule has 15 aromatic carbocycles. The Balaban J connectivity index is 0.792. The van der Waals surface area contributed by atoms with Gasteiger partial charge in [-0.3, -0.25) is 0 Å². The SMILES string of the molecule is c1ccc(-n2c3ccc(-c4cccc(-c5cc6ccc7ccccc7c6c6ccccc56)c4)cc3c3ccc(-c4ccc5c(-c6ccc(-c7ccc8oc9ccccc9c8c7)cc6)cc6ccc7ccccc7c6c5c4)cc32)cc1. The molecule has 0 atom stereocenters. The number of hydrogen-bond donors (Lipinski definition) is 0. The first kappa shape index (κ1) is 44.6. The van der Waals surface area contributed by atoms with E-state index in [1.54, 1.807) is 0 Å². The van der Waals surface area contributed by atoms with Crippen molar-refractivity contribution in [1.29, 1.82) is 0 Å². The molecule has 17 aromatic rings. The Labute approximate surface area is 461 Å². The lowest BCUT2D eigenvalue weighted by Gasteiger charge is -2.15. The van der Waals surface area contributed by atoms with E-state index < -0.39 is 0 Å². The number of fused-ring (bicyclic) bond motifs is 16. The van der Waals surface area contributed by atoms with Crippen LogP contribution >= 0.6 is 0 Å². The minimum Gasteiger partial charge on any atom is -0.456 e. The quantitative estimate of drug-likeness (QED) is 0.152. The Morgan fingerprint density at radius 1 is 0.212 bits per heavy atom. The minimum atomic E-state index is 0.910. The average molecular weight is 1010 g/mol. The third-order valence-electron chi connectivity index (χ3n) is 17.1. The van der Waals surface area contributed by atoms with Crippen LogP contribution in [0.3, 0.4) is 0 Å². The Morgan fingerprint density at radius 3 is 1.46 bits per heavy atom. The number of benzene rings is 15. The van der Waals surface area contributed by atoms with E-state index in [9.17, 15) is 0 Å². The standard InChI is InChI=1S/C78H47NO/c1-2-17-60(18-3-1)79-73-39-35-55(52-15-12-16-57(41-52)69-46-58-31-29-49-13-4-6-19-61(49)77(58)67-23-9-8-21-63(67)69)42-70(73)65-38-34-56(47-74(65)79)54-33-37-64-68(45-59-32-30-50-14-5-7-20-62(50)78(59)72(64)44-54)51-27-25-48(26-28-51)53-36-40-76-71(43-53)66-22-10-11-24-75(66)80-76/h1-47H. The van der Waals surface area contributed by atoms with Crippen molar-refractivity contribution in [3.8, 4) is 61.3 Å². The maximum atomic E-state index is 6.17. The van der Waals surface area contributed by atoms with E-state index in [4.69, 9.17) is 4.42 Å². The topological polar surface area (TPSA) is 18.1 Å². The second-order valence-corrected chi connectivity index (χ2v) is 21.5. The van der Waals surface area contributed by atoms with Crippen LogP contribution in [0.25, 0.3) is 170 Å². The highest BCUT2D eigenvalue weighted by atomic mass is 16.3. The molecule has 0 saturated carbocycles. The van der Waals surface area contributed by atoms with Gasteiger partial charge in [0.15, 0.2) is 0 Å². The van der Waals surface area contributed by atoms with Crippen LogP contribution in [-0.4, -0.2) is 4.57 Å². The molecule has 17 rings (SSSR count). The van der Waals surface area contributed by atoms with Crippen LogP contribution in [-0.2, 0) is 0 Å². The lowest BCUT2D eigenvalue weighted by Crippen LogP contribution is -1.93. The fourth-order valence-electron chi connectivity index (χ4n) is 13.3. The Morgan fingerprint density at radius 2 is 0.700 bits per heavy atom. The van der Waals surface area contributed by atoms with E-state index in [2.05, 4.69) is 278 Å². The van der Waals surface area contributed by atoms with Gasteiger partial charge in [0.05, 0.1) is 11.0 Å². The predicted molar refractivity (Wildman–Crippen MR) is 340 cm³/mol. The first-order valence-electron chi connectivity index (χ1n) is 27.6. The normalized spacial score (nSPS) is 12.0. The van der Waals surface area contributed by atoms with Crippen LogP contribution in [0.15, 0.2) is 290 Å². The molecule has 2 nitrogen and oxygen atoms in total. The lowest BCUT2D eigenvalue weighted by atomic mass is 9.88. The summed E-state index contributed by atoms with van der Waals surface area (Å²) in [5, 5.41) is 19.9. The molecule has 0 N–H and O–H groups in total. The molecule has 2 heterocycles. The number of aromatic nitrogens is 1. The second kappa shape index (κ2) is 17.5. The van der Waals surface area contributed by atoms with Gasteiger partial charge in [-0.05, 0) is 193 Å². The zero-order valence-corrected chi connectivity index (χ0v) is 43.5. The third-order valence-corrected chi connectivity index (χ3v) is 17.1. The molecule has 0 aliphatic heterocycles. The minimum absolute atomic E-state index is 0.910. The van der Waals surface area contributed by atoms with Crippen LogP contribution in [0.5, 0.6) is 0 Å². The van der Waals surface area contributed by atoms with Gasteiger partial charge in [-0.2, -0.15) is 0 Å². The summed E-state index contributed by atoms with van der Waals surface area (Å²) in [6, 6.07) is 105. The molecule has 370 valence electrons. The Bertz CT molecular complexity index is 5410. The van der Waals surface area contributed by atoms with Gasteiger partial charge in [-0.1, -0.05) is 212 Å². The summed E-state index contributed by atoms with van der Waals surface area (Å²) in [4.78, 5) is 0. The van der Waals surface area contributed by atoms with Gasteiger partial charge in [0.25, 0.3) is 0 Å². The smallest absolute Gasteiger partial charge is 0.135 e. The molecule has 0 amide bonds. The molecule has 0 aliphatic carbocycles. The molecule has 2 heteroatoms. The Kier molecular flexibility index (Phi) is 9.75. The van der Waals surface area contributed by atoms with Crippen LogP contribution in [0.1, 0.15) is 0 Å². The molecular formula is C78H47NO. The molecule has 2 aromatic heterocycles. The summed E-state index contributed by atoms with van der Waals surface area (Å²) in [6.07, 6.45) is 0. The number of para-hydroxylation sites is 2. The van der Waals surface area contributed by atoms with E-state index in [1.165, 1.54) is 142 Å². The van der Waals surface area contributed by atoms with Crippen LogP contribution in [0.2, 0.25) is 0 Å². The summed E-state index contributed by atoms with van der Waals surface area (Å²) in [5.41, 5.74) is 17.3. The van der Waals surface area contributed by atoms with E-state index in [-0.39, 0.29) is 0 Å². The van der Waals surface area contributed by atoms with Gasteiger partial charge < -0.3 is 8.98 Å². The summed E-state index contributed by atoms with van der Waals surface area (Å²) >= 11 is 0. The lowest BCUT2D eigenvalue weighted by molar-refractivity contribution is 0.669. The number of furan rings is 1. The first-order chi connectivity index (χ1) is 39.6. The fraction of sp³-hybridized carbons (Fsp3) is 0. The molecule has 0 unspecified atom stereocenters. The first-order valence-corrected chi connectivity index (χ1v) is 27.6. The molecule has 0 spiro atoms. The van der Waals surface area contributed by atoms with Crippen molar-refractivity contribution in [3.05, 3.63) is 285 Å². The van der Waals surface area contributed by atoms with Gasteiger partial charge in [0.1, 0.15) is 11.2 Å².